The van der Waals surface area contributed by atoms with Crippen LogP contribution in [0.5, 0.6) is 5.75 Å². The quantitative estimate of drug-likeness (QED) is 0.731. The van der Waals surface area contributed by atoms with E-state index in [-0.39, 0.29) is 18.1 Å². The molecule has 0 bridgehead atoms. The second-order valence-corrected chi connectivity index (χ2v) is 6.02. The molecule has 3 rings (SSSR count). The molecule has 0 unspecified atom stereocenters. The van der Waals surface area contributed by atoms with Gasteiger partial charge in [0.15, 0.2) is 5.01 Å². The number of ether oxygens (including phenoxy) is 1. The highest BCUT2D eigenvalue weighted by Crippen LogP contribution is 2.25. The van der Waals surface area contributed by atoms with Gasteiger partial charge >= 0.3 is 6.36 Å². The van der Waals surface area contributed by atoms with Crippen molar-refractivity contribution in [3.8, 4) is 16.5 Å². The van der Waals surface area contributed by atoms with Gasteiger partial charge in [0.25, 0.3) is 0 Å². The minimum Gasteiger partial charge on any atom is -0.406 e. The second-order valence-electron chi connectivity index (χ2n) is 5.04. The highest BCUT2D eigenvalue weighted by atomic mass is 32.1. The fourth-order valence-corrected chi connectivity index (χ4v) is 2.76. The minimum absolute atomic E-state index is 0.0230. The van der Waals surface area contributed by atoms with Crippen molar-refractivity contribution in [1.82, 2.24) is 15.2 Å². The number of aromatic nitrogens is 3. The van der Waals surface area contributed by atoms with Crippen LogP contribution in [-0.2, 0) is 11.2 Å². The van der Waals surface area contributed by atoms with Gasteiger partial charge in [-0.2, -0.15) is 0 Å². The lowest BCUT2D eigenvalue weighted by Gasteiger charge is -2.09. The number of pyridine rings is 1. The molecule has 3 aromatic rings. The van der Waals surface area contributed by atoms with E-state index in [9.17, 15) is 18.0 Å². The van der Waals surface area contributed by atoms with E-state index in [1.165, 1.54) is 23.5 Å². The lowest BCUT2D eigenvalue weighted by atomic mass is 10.1. The number of rotatable bonds is 5. The number of hydrogen-bond acceptors (Lipinski definition) is 6. The molecule has 1 N–H and O–H groups in total. The number of nitrogens with zero attached hydrogens (tertiary/aromatic N) is 3. The van der Waals surface area contributed by atoms with Gasteiger partial charge < -0.3 is 10.1 Å². The maximum Gasteiger partial charge on any atom is 0.573 e. The van der Waals surface area contributed by atoms with Crippen LogP contribution in [0.2, 0.25) is 0 Å². The third-order valence-corrected chi connectivity index (χ3v) is 3.94. The van der Waals surface area contributed by atoms with Gasteiger partial charge in [0.05, 0.1) is 6.42 Å². The number of carbonyl (C=O) groups is 1. The van der Waals surface area contributed by atoms with Crippen LogP contribution in [0, 0.1) is 0 Å². The van der Waals surface area contributed by atoms with E-state index in [2.05, 4.69) is 25.2 Å². The molecule has 1 amide bonds. The van der Waals surface area contributed by atoms with Crippen LogP contribution in [0.3, 0.4) is 0 Å². The summed E-state index contributed by atoms with van der Waals surface area (Å²) in [7, 11) is 0. The number of halogens is 3. The first-order chi connectivity index (χ1) is 12.4. The Morgan fingerprint density at radius 3 is 2.54 bits per heavy atom. The predicted octanol–water partition coefficient (Wildman–Crippen LogP) is 3.68. The molecule has 6 nitrogen and oxygen atoms in total. The Morgan fingerprint density at radius 2 is 1.88 bits per heavy atom. The van der Waals surface area contributed by atoms with Crippen LogP contribution in [-0.4, -0.2) is 27.5 Å². The summed E-state index contributed by atoms with van der Waals surface area (Å²) in [5.74, 6) is -0.705. The number of anilines is 1. The van der Waals surface area contributed by atoms with Crippen molar-refractivity contribution >= 4 is 22.4 Å². The van der Waals surface area contributed by atoms with E-state index in [4.69, 9.17) is 0 Å². The molecule has 134 valence electrons. The van der Waals surface area contributed by atoms with E-state index >= 15 is 0 Å². The normalized spacial score (nSPS) is 11.2. The Labute approximate surface area is 149 Å². The number of nitrogens with one attached hydrogen (secondary N) is 1. The molecule has 1 aromatic carbocycles. The summed E-state index contributed by atoms with van der Waals surface area (Å²) >= 11 is 1.17. The summed E-state index contributed by atoms with van der Waals surface area (Å²) in [4.78, 5) is 16.2. The SMILES string of the molecule is O=C(Cc1ccc(OC(F)(F)F)cc1)Nc1nnc(-c2ccccn2)s1. The standard InChI is InChI=1S/C16H11F3N4O2S/c17-16(18,19)25-11-6-4-10(5-7-11)9-13(24)21-15-23-22-14(26-15)12-3-1-2-8-20-12/h1-8H,9H2,(H,21,23,24). The van der Waals surface area contributed by atoms with E-state index in [0.717, 1.165) is 12.1 Å². The summed E-state index contributed by atoms with van der Waals surface area (Å²) in [5, 5.41) is 11.3. The third-order valence-electron chi connectivity index (χ3n) is 3.08. The van der Waals surface area contributed by atoms with E-state index < -0.39 is 6.36 Å². The minimum atomic E-state index is -4.75. The van der Waals surface area contributed by atoms with Gasteiger partial charge in [0.1, 0.15) is 11.4 Å². The van der Waals surface area contributed by atoms with Gasteiger partial charge in [-0.05, 0) is 29.8 Å². The van der Waals surface area contributed by atoms with E-state index in [1.807, 2.05) is 6.07 Å². The highest BCUT2D eigenvalue weighted by molar-refractivity contribution is 7.18. The molecule has 0 aliphatic heterocycles. The van der Waals surface area contributed by atoms with Crippen LogP contribution < -0.4 is 10.1 Å². The fourth-order valence-electron chi connectivity index (χ4n) is 2.02. The van der Waals surface area contributed by atoms with Crippen LogP contribution >= 0.6 is 11.3 Å². The molecule has 2 heterocycles. The molecule has 0 aliphatic carbocycles. The maximum absolute atomic E-state index is 12.1. The summed E-state index contributed by atoms with van der Waals surface area (Å²) in [5.41, 5.74) is 1.18. The first kappa shape index (κ1) is 17.8. The Morgan fingerprint density at radius 1 is 1.12 bits per heavy atom. The van der Waals surface area contributed by atoms with Gasteiger partial charge in [0, 0.05) is 6.20 Å². The summed E-state index contributed by atoms with van der Waals surface area (Å²) in [6.07, 6.45) is -3.14. The molecule has 0 aliphatic rings. The zero-order valence-corrected chi connectivity index (χ0v) is 13.8. The van der Waals surface area contributed by atoms with Crippen molar-refractivity contribution in [2.24, 2.45) is 0 Å². The fraction of sp³-hybridized carbons (Fsp3) is 0.125. The molecule has 0 saturated heterocycles. The molecular formula is C16H11F3N4O2S. The number of benzene rings is 1. The molecule has 2 aromatic heterocycles. The first-order valence-electron chi connectivity index (χ1n) is 7.28. The molecule has 0 saturated carbocycles. The van der Waals surface area contributed by atoms with Gasteiger partial charge in [0.2, 0.25) is 11.0 Å². The molecule has 0 spiro atoms. The monoisotopic (exact) mass is 380 g/mol. The van der Waals surface area contributed by atoms with Crippen LogP contribution in [0.25, 0.3) is 10.7 Å². The van der Waals surface area contributed by atoms with Gasteiger partial charge in [-0.25, -0.2) is 0 Å². The zero-order valence-electron chi connectivity index (χ0n) is 13.0. The Kier molecular flexibility index (Phi) is 5.12. The number of amides is 1. The Balaban J connectivity index is 1.58. The number of alkyl halides is 3. The average molecular weight is 380 g/mol. The largest absolute Gasteiger partial charge is 0.573 e. The lowest BCUT2D eigenvalue weighted by Crippen LogP contribution is -2.17. The van der Waals surface area contributed by atoms with Gasteiger partial charge in [-0.1, -0.05) is 29.5 Å². The third kappa shape index (κ3) is 4.99. The van der Waals surface area contributed by atoms with Crippen molar-refractivity contribution in [2.75, 3.05) is 5.32 Å². The van der Waals surface area contributed by atoms with Crippen LogP contribution in [0.15, 0.2) is 48.7 Å². The molecule has 26 heavy (non-hydrogen) atoms. The van der Waals surface area contributed by atoms with E-state index in [1.54, 1.807) is 18.3 Å². The first-order valence-corrected chi connectivity index (χ1v) is 8.10. The molecule has 10 heteroatoms. The molecular weight excluding hydrogens is 369 g/mol. The zero-order chi connectivity index (χ0) is 18.6. The van der Waals surface area contributed by atoms with Crippen molar-refractivity contribution in [1.29, 1.82) is 0 Å². The smallest absolute Gasteiger partial charge is 0.406 e. The maximum atomic E-state index is 12.1. The van der Waals surface area contributed by atoms with Crippen molar-refractivity contribution in [2.45, 2.75) is 12.8 Å². The van der Waals surface area contributed by atoms with Gasteiger partial charge in [-0.3, -0.25) is 9.78 Å². The predicted molar refractivity (Wildman–Crippen MR) is 88.6 cm³/mol. The van der Waals surface area contributed by atoms with Crippen LogP contribution in [0.4, 0.5) is 18.3 Å². The van der Waals surface area contributed by atoms with Crippen LogP contribution in [0.1, 0.15) is 5.56 Å². The van der Waals surface area contributed by atoms with Gasteiger partial charge in [-0.15, -0.1) is 23.4 Å². The second kappa shape index (κ2) is 7.48. The summed E-state index contributed by atoms with van der Waals surface area (Å²) < 4.78 is 40.1. The Bertz CT molecular complexity index is 883. The van der Waals surface area contributed by atoms with E-state index in [0.29, 0.717) is 21.4 Å². The molecule has 0 fully saturated rings. The average Bonchev–Trinajstić information content (AvgIpc) is 3.04. The summed E-state index contributed by atoms with van der Waals surface area (Å²) in [6, 6.07) is 10.4. The molecule has 0 atom stereocenters. The lowest BCUT2D eigenvalue weighted by molar-refractivity contribution is -0.274. The number of carbonyl (C=O) groups excluding carboxylic acids is 1. The molecule has 0 radical (unpaired) electrons. The van der Waals surface area contributed by atoms with Crippen molar-refractivity contribution in [3.05, 3.63) is 54.2 Å². The topological polar surface area (TPSA) is 77.0 Å². The van der Waals surface area contributed by atoms with Crippen molar-refractivity contribution < 1.29 is 22.7 Å². The highest BCUT2D eigenvalue weighted by Gasteiger charge is 2.30. The number of hydrogen-bond donors (Lipinski definition) is 1. The van der Waals surface area contributed by atoms with Crippen molar-refractivity contribution in [3.63, 3.8) is 0 Å². The summed E-state index contributed by atoms with van der Waals surface area (Å²) in [6.45, 7) is 0. The Hall–Kier alpha value is -3.01.